The molecule has 3 heterocycles. The third-order valence-electron chi connectivity index (χ3n) is 4.55. The van der Waals surface area contributed by atoms with Crippen LogP contribution in [0.2, 0.25) is 0 Å². The molecule has 0 aliphatic rings. The van der Waals surface area contributed by atoms with E-state index in [1.165, 1.54) is 0 Å². The van der Waals surface area contributed by atoms with E-state index in [4.69, 9.17) is 4.74 Å². The number of rotatable bonds is 5. The minimum Gasteiger partial charge on any atom is -0.481 e. The number of amides is 2. The van der Waals surface area contributed by atoms with Crippen molar-refractivity contribution in [3.63, 3.8) is 0 Å². The van der Waals surface area contributed by atoms with E-state index in [0.717, 1.165) is 27.7 Å². The van der Waals surface area contributed by atoms with Gasteiger partial charge in [0.25, 0.3) is 0 Å². The molecule has 0 aliphatic heterocycles. The van der Waals surface area contributed by atoms with Gasteiger partial charge in [0.2, 0.25) is 5.88 Å². The number of methoxy groups -OCH3 is 1. The maximum absolute atomic E-state index is 12.3. The fraction of sp³-hybridized carbons (Fsp3) is 0.143. The monoisotopic (exact) mass is 388 g/mol. The quantitative estimate of drug-likeness (QED) is 0.481. The highest BCUT2D eigenvalue weighted by Crippen LogP contribution is 2.28. The molecule has 8 nitrogen and oxygen atoms in total. The number of aromatic amines is 1. The summed E-state index contributed by atoms with van der Waals surface area (Å²) < 4.78 is 5.17. The van der Waals surface area contributed by atoms with Gasteiger partial charge in [-0.2, -0.15) is 5.10 Å². The second-order valence-electron chi connectivity index (χ2n) is 6.51. The molecular weight excluding hydrogens is 368 g/mol. The van der Waals surface area contributed by atoms with Gasteiger partial charge in [-0.15, -0.1) is 0 Å². The van der Waals surface area contributed by atoms with Crippen LogP contribution in [-0.2, 0) is 0 Å². The Hall–Kier alpha value is -3.94. The fourth-order valence-corrected chi connectivity index (χ4v) is 3.04. The molecule has 3 aromatic heterocycles. The largest absolute Gasteiger partial charge is 0.481 e. The number of fused-ring (bicyclic) bond motifs is 1. The Morgan fingerprint density at radius 3 is 2.76 bits per heavy atom. The number of urea groups is 1. The van der Waals surface area contributed by atoms with Gasteiger partial charge in [-0.3, -0.25) is 10.4 Å². The molecular formula is C21H20N6O2. The SMILES string of the molecule is COc1cc(-c2n[nH]c3cc(NC(=O)NC(C)c4ccccc4)ncc23)ccn1. The molecule has 0 aliphatic carbocycles. The molecule has 8 heteroatoms. The van der Waals surface area contributed by atoms with Crippen LogP contribution in [0.25, 0.3) is 22.2 Å². The smallest absolute Gasteiger partial charge is 0.320 e. The standard InChI is InChI=1S/C21H20N6O2/c1-13(14-6-4-3-5-7-14)24-21(28)25-18-11-17-16(12-23-18)20(27-26-17)15-8-9-22-19(10-15)29-2/h3-13H,1-2H3,(H,26,27)(H2,23,24,25,28). The van der Waals surface area contributed by atoms with Gasteiger partial charge in [0.1, 0.15) is 11.5 Å². The molecule has 2 amide bonds. The van der Waals surface area contributed by atoms with Crippen LogP contribution in [0, 0.1) is 0 Å². The Labute approximate surface area is 167 Å². The van der Waals surface area contributed by atoms with Crippen LogP contribution in [0.4, 0.5) is 10.6 Å². The van der Waals surface area contributed by atoms with Gasteiger partial charge in [0.15, 0.2) is 0 Å². The first-order valence-electron chi connectivity index (χ1n) is 9.11. The Bertz CT molecular complexity index is 1140. The summed E-state index contributed by atoms with van der Waals surface area (Å²) in [5.41, 5.74) is 3.39. The van der Waals surface area contributed by atoms with Crippen molar-refractivity contribution in [2.45, 2.75) is 13.0 Å². The van der Waals surface area contributed by atoms with Crippen molar-refractivity contribution < 1.29 is 9.53 Å². The molecule has 0 spiro atoms. The normalized spacial score (nSPS) is 11.8. The van der Waals surface area contributed by atoms with Crippen molar-refractivity contribution in [3.8, 4) is 17.1 Å². The second-order valence-corrected chi connectivity index (χ2v) is 6.51. The van der Waals surface area contributed by atoms with Crippen molar-refractivity contribution in [2.75, 3.05) is 12.4 Å². The minimum atomic E-state index is -0.327. The van der Waals surface area contributed by atoms with E-state index in [1.54, 1.807) is 31.6 Å². The maximum Gasteiger partial charge on any atom is 0.320 e. The molecule has 0 radical (unpaired) electrons. The highest BCUT2D eigenvalue weighted by atomic mass is 16.5. The summed E-state index contributed by atoms with van der Waals surface area (Å²) in [6.07, 6.45) is 3.34. The first-order chi connectivity index (χ1) is 14.1. The van der Waals surface area contributed by atoms with Crippen molar-refractivity contribution in [2.24, 2.45) is 0 Å². The minimum absolute atomic E-state index is 0.125. The van der Waals surface area contributed by atoms with Gasteiger partial charge in [0, 0.05) is 35.5 Å². The average Bonchev–Trinajstić information content (AvgIpc) is 3.17. The predicted octanol–water partition coefficient (Wildman–Crippen LogP) is 3.91. The van der Waals surface area contributed by atoms with Crippen LogP contribution < -0.4 is 15.4 Å². The summed E-state index contributed by atoms with van der Waals surface area (Å²) in [5.74, 6) is 0.937. The number of hydrogen-bond acceptors (Lipinski definition) is 5. The number of aromatic nitrogens is 4. The number of nitrogens with one attached hydrogen (secondary N) is 3. The van der Waals surface area contributed by atoms with Gasteiger partial charge >= 0.3 is 6.03 Å². The highest BCUT2D eigenvalue weighted by molar-refractivity contribution is 5.95. The van der Waals surface area contributed by atoms with E-state index in [-0.39, 0.29) is 12.1 Å². The summed E-state index contributed by atoms with van der Waals surface area (Å²) in [5, 5.41) is 13.9. The number of H-pyrrole nitrogens is 1. The molecule has 3 N–H and O–H groups in total. The number of ether oxygens (including phenoxy) is 1. The van der Waals surface area contributed by atoms with E-state index in [1.807, 2.05) is 43.3 Å². The number of benzene rings is 1. The van der Waals surface area contributed by atoms with Crippen molar-refractivity contribution in [1.82, 2.24) is 25.5 Å². The number of anilines is 1. The lowest BCUT2D eigenvalue weighted by Gasteiger charge is -2.14. The number of carbonyl (C=O) groups is 1. The molecule has 0 fully saturated rings. The van der Waals surface area contributed by atoms with Gasteiger partial charge in [-0.05, 0) is 18.6 Å². The van der Waals surface area contributed by atoms with E-state index in [0.29, 0.717) is 11.7 Å². The zero-order valence-electron chi connectivity index (χ0n) is 16.0. The molecule has 1 atom stereocenters. The third-order valence-corrected chi connectivity index (χ3v) is 4.55. The van der Waals surface area contributed by atoms with Crippen LogP contribution in [0.3, 0.4) is 0 Å². The molecule has 0 bridgehead atoms. The van der Waals surface area contributed by atoms with Gasteiger partial charge < -0.3 is 10.1 Å². The topological polar surface area (TPSA) is 105 Å². The Morgan fingerprint density at radius 1 is 1.14 bits per heavy atom. The maximum atomic E-state index is 12.3. The number of carbonyl (C=O) groups excluding carboxylic acids is 1. The molecule has 0 saturated carbocycles. The zero-order chi connectivity index (χ0) is 20.2. The molecule has 146 valence electrons. The molecule has 29 heavy (non-hydrogen) atoms. The number of pyridine rings is 2. The molecule has 0 saturated heterocycles. The lowest BCUT2D eigenvalue weighted by molar-refractivity contribution is 0.249. The van der Waals surface area contributed by atoms with Gasteiger partial charge in [-0.1, -0.05) is 30.3 Å². The number of hydrogen-bond donors (Lipinski definition) is 3. The summed E-state index contributed by atoms with van der Waals surface area (Å²) in [6, 6.07) is 14.7. The number of nitrogens with zero attached hydrogens (tertiary/aromatic N) is 3. The van der Waals surface area contributed by atoms with Crippen LogP contribution in [0.1, 0.15) is 18.5 Å². The summed E-state index contributed by atoms with van der Waals surface area (Å²) >= 11 is 0. The lowest BCUT2D eigenvalue weighted by atomic mass is 10.1. The Morgan fingerprint density at radius 2 is 1.97 bits per heavy atom. The van der Waals surface area contributed by atoms with E-state index in [9.17, 15) is 4.79 Å². The molecule has 1 unspecified atom stereocenters. The van der Waals surface area contributed by atoms with Crippen molar-refractivity contribution >= 4 is 22.8 Å². The van der Waals surface area contributed by atoms with Crippen molar-refractivity contribution in [1.29, 1.82) is 0 Å². The first kappa shape index (κ1) is 18.4. The van der Waals surface area contributed by atoms with Crippen LogP contribution in [0.15, 0.2) is 60.9 Å². The predicted molar refractivity (Wildman–Crippen MR) is 111 cm³/mol. The summed E-state index contributed by atoms with van der Waals surface area (Å²) in [6.45, 7) is 1.93. The Balaban J connectivity index is 1.50. The summed E-state index contributed by atoms with van der Waals surface area (Å²) in [4.78, 5) is 20.8. The van der Waals surface area contributed by atoms with E-state index in [2.05, 4.69) is 30.8 Å². The van der Waals surface area contributed by atoms with E-state index < -0.39 is 0 Å². The zero-order valence-corrected chi connectivity index (χ0v) is 16.0. The molecule has 4 rings (SSSR count). The Kier molecular flexibility index (Phi) is 5.07. The first-order valence-corrected chi connectivity index (χ1v) is 9.11. The van der Waals surface area contributed by atoms with Crippen LogP contribution in [-0.4, -0.2) is 33.3 Å². The highest BCUT2D eigenvalue weighted by Gasteiger charge is 2.13. The van der Waals surface area contributed by atoms with E-state index >= 15 is 0 Å². The second kappa shape index (κ2) is 7.97. The average molecular weight is 388 g/mol. The molecule has 1 aromatic carbocycles. The lowest BCUT2D eigenvalue weighted by Crippen LogP contribution is -2.31. The third kappa shape index (κ3) is 4.01. The summed E-state index contributed by atoms with van der Waals surface area (Å²) in [7, 11) is 1.57. The fourth-order valence-electron chi connectivity index (χ4n) is 3.04. The van der Waals surface area contributed by atoms with Gasteiger partial charge in [-0.25, -0.2) is 14.8 Å². The van der Waals surface area contributed by atoms with Crippen LogP contribution >= 0.6 is 0 Å². The molecule has 4 aromatic rings. The van der Waals surface area contributed by atoms with Crippen LogP contribution in [0.5, 0.6) is 5.88 Å². The van der Waals surface area contributed by atoms with Crippen molar-refractivity contribution in [3.05, 3.63) is 66.5 Å². The van der Waals surface area contributed by atoms with Gasteiger partial charge in [0.05, 0.1) is 18.7 Å².